The summed E-state index contributed by atoms with van der Waals surface area (Å²) in [5.74, 6) is -0.288. The molecule has 0 atom stereocenters. The number of aliphatic carboxylic acids is 1. The number of para-hydroxylation sites is 1. The lowest BCUT2D eigenvalue weighted by molar-refractivity contribution is -0.136. The van der Waals surface area contributed by atoms with Crippen molar-refractivity contribution in [1.29, 1.82) is 0 Å². The molecule has 104 valence electrons. The first-order valence-corrected chi connectivity index (χ1v) is 6.38. The van der Waals surface area contributed by atoms with Gasteiger partial charge < -0.3 is 9.84 Å². The van der Waals surface area contributed by atoms with Gasteiger partial charge in [0.15, 0.2) is 0 Å². The highest BCUT2D eigenvalue weighted by molar-refractivity contribution is 5.71. The van der Waals surface area contributed by atoms with Gasteiger partial charge in [0.25, 0.3) is 0 Å². The third-order valence-corrected chi connectivity index (χ3v) is 3.04. The summed E-state index contributed by atoms with van der Waals surface area (Å²) >= 11 is 0. The Bertz CT molecular complexity index is 594. The van der Waals surface area contributed by atoms with Crippen molar-refractivity contribution in [1.82, 2.24) is 4.98 Å². The number of carboxylic acid groups (broad SMARTS) is 1. The summed E-state index contributed by atoms with van der Waals surface area (Å²) in [6, 6.07) is 11.0. The molecule has 0 radical (unpaired) electrons. The van der Waals surface area contributed by atoms with Crippen molar-refractivity contribution < 1.29 is 14.6 Å². The van der Waals surface area contributed by atoms with E-state index in [4.69, 9.17) is 9.84 Å². The van der Waals surface area contributed by atoms with Crippen molar-refractivity contribution in [3.05, 3.63) is 59.9 Å². The van der Waals surface area contributed by atoms with Crippen LogP contribution in [0, 0.1) is 0 Å². The van der Waals surface area contributed by atoms with E-state index < -0.39 is 11.6 Å². The smallest absolute Gasteiger partial charge is 0.307 e. The molecule has 0 saturated carbocycles. The first-order valence-electron chi connectivity index (χ1n) is 6.38. The van der Waals surface area contributed by atoms with Crippen LogP contribution in [0.2, 0.25) is 0 Å². The van der Waals surface area contributed by atoms with E-state index in [0.29, 0.717) is 11.3 Å². The van der Waals surface area contributed by atoms with Gasteiger partial charge in [-0.15, -0.1) is 0 Å². The van der Waals surface area contributed by atoms with Gasteiger partial charge in [0.05, 0.1) is 6.42 Å². The Kier molecular flexibility index (Phi) is 4.03. The standard InChI is InChI=1S/C16H17NO3/c1-16(2,13-7-5-9-17-11-13)20-14-8-4-3-6-12(14)10-15(18)19/h3-9,11H,10H2,1-2H3,(H,18,19). The van der Waals surface area contributed by atoms with Crippen LogP contribution in [0.3, 0.4) is 0 Å². The van der Waals surface area contributed by atoms with Crippen LogP contribution in [0.25, 0.3) is 0 Å². The third-order valence-electron chi connectivity index (χ3n) is 3.04. The molecule has 0 unspecified atom stereocenters. The molecule has 1 aromatic heterocycles. The fourth-order valence-corrected chi connectivity index (χ4v) is 1.97. The molecule has 1 N–H and O–H groups in total. The first kappa shape index (κ1) is 14.1. The van der Waals surface area contributed by atoms with E-state index in [0.717, 1.165) is 5.56 Å². The van der Waals surface area contributed by atoms with Crippen molar-refractivity contribution in [2.45, 2.75) is 25.9 Å². The molecule has 0 amide bonds. The van der Waals surface area contributed by atoms with E-state index in [9.17, 15) is 4.79 Å². The summed E-state index contributed by atoms with van der Waals surface area (Å²) in [5, 5.41) is 8.94. The monoisotopic (exact) mass is 271 g/mol. The molecule has 1 heterocycles. The van der Waals surface area contributed by atoms with Crippen molar-refractivity contribution in [3.63, 3.8) is 0 Å². The van der Waals surface area contributed by atoms with Gasteiger partial charge in [-0.3, -0.25) is 9.78 Å². The Balaban J connectivity index is 2.27. The van der Waals surface area contributed by atoms with Gasteiger partial charge in [0.1, 0.15) is 11.4 Å². The van der Waals surface area contributed by atoms with Crippen LogP contribution in [0.15, 0.2) is 48.8 Å². The summed E-state index contributed by atoms with van der Waals surface area (Å²) in [6.45, 7) is 3.86. The van der Waals surface area contributed by atoms with Crippen LogP contribution in [0.4, 0.5) is 0 Å². The predicted octanol–water partition coefficient (Wildman–Crippen LogP) is 3.02. The quantitative estimate of drug-likeness (QED) is 0.908. The molecule has 0 spiro atoms. The fraction of sp³-hybridized carbons (Fsp3) is 0.250. The van der Waals surface area contributed by atoms with Crippen molar-refractivity contribution in [3.8, 4) is 5.75 Å². The normalized spacial score (nSPS) is 11.1. The van der Waals surface area contributed by atoms with E-state index >= 15 is 0 Å². The molecular weight excluding hydrogens is 254 g/mol. The van der Waals surface area contributed by atoms with Crippen LogP contribution in [-0.2, 0) is 16.8 Å². The van der Waals surface area contributed by atoms with Gasteiger partial charge in [0.2, 0.25) is 0 Å². The molecule has 4 heteroatoms. The van der Waals surface area contributed by atoms with Crippen LogP contribution in [-0.4, -0.2) is 16.1 Å². The maximum atomic E-state index is 10.9. The number of pyridine rings is 1. The number of carbonyl (C=O) groups is 1. The predicted molar refractivity (Wildman–Crippen MR) is 75.7 cm³/mol. The molecule has 20 heavy (non-hydrogen) atoms. The average molecular weight is 271 g/mol. The number of benzene rings is 1. The molecule has 0 fully saturated rings. The molecule has 0 aliphatic rings. The number of hydrogen-bond donors (Lipinski definition) is 1. The fourth-order valence-electron chi connectivity index (χ4n) is 1.97. The second-order valence-electron chi connectivity index (χ2n) is 5.03. The summed E-state index contributed by atoms with van der Waals surface area (Å²) in [4.78, 5) is 15.0. The van der Waals surface area contributed by atoms with Crippen molar-refractivity contribution >= 4 is 5.97 Å². The highest BCUT2D eigenvalue weighted by Gasteiger charge is 2.24. The summed E-state index contributed by atoms with van der Waals surface area (Å²) in [7, 11) is 0. The van der Waals surface area contributed by atoms with Gasteiger partial charge in [-0.2, -0.15) is 0 Å². The maximum absolute atomic E-state index is 10.9. The van der Waals surface area contributed by atoms with Crippen LogP contribution in [0.1, 0.15) is 25.0 Å². The third kappa shape index (κ3) is 3.35. The number of aromatic nitrogens is 1. The van der Waals surface area contributed by atoms with E-state index in [2.05, 4.69) is 4.98 Å². The zero-order valence-electron chi connectivity index (χ0n) is 11.5. The molecular formula is C16H17NO3. The lowest BCUT2D eigenvalue weighted by atomic mass is 9.99. The van der Waals surface area contributed by atoms with Crippen molar-refractivity contribution in [2.24, 2.45) is 0 Å². The van der Waals surface area contributed by atoms with Crippen molar-refractivity contribution in [2.75, 3.05) is 0 Å². The molecule has 2 aromatic rings. The highest BCUT2D eigenvalue weighted by Crippen LogP contribution is 2.29. The Labute approximate surface area is 118 Å². The van der Waals surface area contributed by atoms with E-state index in [1.165, 1.54) is 0 Å². The number of ether oxygens (including phenoxy) is 1. The van der Waals surface area contributed by atoms with Gasteiger partial charge in [-0.25, -0.2) is 0 Å². The van der Waals surface area contributed by atoms with Gasteiger partial charge in [-0.1, -0.05) is 24.3 Å². The maximum Gasteiger partial charge on any atom is 0.307 e. The van der Waals surface area contributed by atoms with Crippen LogP contribution in [0.5, 0.6) is 5.75 Å². The number of nitrogens with zero attached hydrogens (tertiary/aromatic N) is 1. The second-order valence-corrected chi connectivity index (χ2v) is 5.03. The van der Waals surface area contributed by atoms with E-state index in [1.54, 1.807) is 24.5 Å². The lowest BCUT2D eigenvalue weighted by Crippen LogP contribution is -2.26. The zero-order chi connectivity index (χ0) is 14.6. The number of carboxylic acids is 1. The van der Waals surface area contributed by atoms with Crippen LogP contribution < -0.4 is 4.74 Å². The SMILES string of the molecule is CC(C)(Oc1ccccc1CC(=O)O)c1cccnc1. The Hall–Kier alpha value is -2.36. The molecule has 0 bridgehead atoms. The zero-order valence-corrected chi connectivity index (χ0v) is 11.5. The Morgan fingerprint density at radius 1 is 1.25 bits per heavy atom. The first-order chi connectivity index (χ1) is 9.49. The minimum absolute atomic E-state index is 0.0563. The molecule has 0 aliphatic heterocycles. The summed E-state index contributed by atoms with van der Waals surface area (Å²) in [6.07, 6.45) is 3.40. The van der Waals surface area contributed by atoms with Crippen LogP contribution >= 0.6 is 0 Å². The van der Waals surface area contributed by atoms with Gasteiger partial charge >= 0.3 is 5.97 Å². The highest BCUT2D eigenvalue weighted by atomic mass is 16.5. The Morgan fingerprint density at radius 2 is 2.00 bits per heavy atom. The lowest BCUT2D eigenvalue weighted by Gasteiger charge is -2.27. The summed E-state index contributed by atoms with van der Waals surface area (Å²) in [5.41, 5.74) is 1.02. The molecule has 0 aliphatic carbocycles. The molecule has 4 nitrogen and oxygen atoms in total. The summed E-state index contributed by atoms with van der Waals surface area (Å²) < 4.78 is 6.02. The Morgan fingerprint density at radius 3 is 2.65 bits per heavy atom. The number of rotatable bonds is 5. The molecule has 0 saturated heterocycles. The largest absolute Gasteiger partial charge is 0.483 e. The minimum Gasteiger partial charge on any atom is -0.483 e. The molecule has 1 aromatic carbocycles. The molecule has 2 rings (SSSR count). The topological polar surface area (TPSA) is 59.4 Å². The van der Waals surface area contributed by atoms with Gasteiger partial charge in [-0.05, 0) is 26.0 Å². The minimum atomic E-state index is -0.875. The second kappa shape index (κ2) is 5.74. The van der Waals surface area contributed by atoms with E-state index in [1.807, 2.05) is 38.1 Å². The van der Waals surface area contributed by atoms with Gasteiger partial charge in [0, 0.05) is 23.5 Å². The van der Waals surface area contributed by atoms with E-state index in [-0.39, 0.29) is 6.42 Å². The average Bonchev–Trinajstić information content (AvgIpc) is 2.41. The number of hydrogen-bond acceptors (Lipinski definition) is 3.